The molecule has 0 radical (unpaired) electrons. The Morgan fingerprint density at radius 3 is 2.87 bits per heavy atom. The number of hydrogen-bond acceptors (Lipinski definition) is 7. The SMILES string of the molecule is O=C(O)C(F)(F)F.c1cncc(COC2COC3(CCN(Cc4nccs4)C3)C2)c1. The van der Waals surface area contributed by atoms with Gasteiger partial charge in [0.2, 0.25) is 0 Å². The summed E-state index contributed by atoms with van der Waals surface area (Å²) in [5.41, 5.74) is 1.10. The summed E-state index contributed by atoms with van der Waals surface area (Å²) in [6, 6.07) is 3.99. The number of ether oxygens (including phenoxy) is 2. The lowest BCUT2D eigenvalue weighted by atomic mass is 9.98. The third kappa shape index (κ3) is 6.46. The Labute approximate surface area is 175 Å². The van der Waals surface area contributed by atoms with Crippen molar-refractivity contribution >= 4 is 17.3 Å². The average Bonchev–Trinajstić information content (AvgIpc) is 3.44. The fourth-order valence-corrected chi connectivity index (χ4v) is 4.13. The molecule has 2 aliphatic rings. The summed E-state index contributed by atoms with van der Waals surface area (Å²) in [6.07, 6.45) is 2.70. The second-order valence-corrected chi connectivity index (χ2v) is 8.16. The highest BCUT2D eigenvalue weighted by Gasteiger charge is 2.45. The lowest BCUT2D eigenvalue weighted by Crippen LogP contribution is -2.32. The van der Waals surface area contributed by atoms with Gasteiger partial charge in [-0.2, -0.15) is 13.2 Å². The summed E-state index contributed by atoms with van der Waals surface area (Å²) < 4.78 is 43.9. The minimum Gasteiger partial charge on any atom is -0.475 e. The molecule has 2 fully saturated rings. The fourth-order valence-electron chi connectivity index (χ4n) is 3.48. The molecule has 2 unspecified atom stereocenters. The van der Waals surface area contributed by atoms with E-state index in [0.717, 1.165) is 38.0 Å². The molecule has 0 amide bonds. The van der Waals surface area contributed by atoms with Gasteiger partial charge in [0.05, 0.1) is 31.5 Å². The molecule has 2 saturated heterocycles. The van der Waals surface area contributed by atoms with Crippen LogP contribution in [0.2, 0.25) is 0 Å². The summed E-state index contributed by atoms with van der Waals surface area (Å²) in [4.78, 5) is 19.8. The van der Waals surface area contributed by atoms with Gasteiger partial charge in [-0.1, -0.05) is 6.07 Å². The molecule has 2 aliphatic heterocycles. The van der Waals surface area contributed by atoms with E-state index in [1.807, 2.05) is 29.9 Å². The van der Waals surface area contributed by atoms with Crippen molar-refractivity contribution in [3.05, 3.63) is 46.7 Å². The van der Waals surface area contributed by atoms with E-state index in [1.54, 1.807) is 17.5 Å². The third-order valence-electron chi connectivity index (χ3n) is 4.86. The molecular weight excluding hydrogens is 423 g/mol. The van der Waals surface area contributed by atoms with Crippen molar-refractivity contribution in [3.63, 3.8) is 0 Å². The number of nitrogens with zero attached hydrogens (tertiary/aromatic N) is 3. The first-order valence-electron chi connectivity index (χ1n) is 9.31. The van der Waals surface area contributed by atoms with E-state index in [9.17, 15) is 13.2 Å². The van der Waals surface area contributed by atoms with Gasteiger partial charge >= 0.3 is 12.1 Å². The van der Waals surface area contributed by atoms with Crippen LogP contribution in [0.5, 0.6) is 0 Å². The Morgan fingerprint density at radius 2 is 2.23 bits per heavy atom. The molecule has 0 aliphatic carbocycles. The van der Waals surface area contributed by atoms with Crippen molar-refractivity contribution in [2.75, 3.05) is 19.7 Å². The smallest absolute Gasteiger partial charge is 0.475 e. The van der Waals surface area contributed by atoms with Crippen LogP contribution < -0.4 is 0 Å². The molecule has 2 aromatic heterocycles. The zero-order valence-corrected chi connectivity index (χ0v) is 16.9. The highest BCUT2D eigenvalue weighted by molar-refractivity contribution is 7.09. The molecule has 0 aromatic carbocycles. The number of alkyl halides is 3. The molecule has 1 spiro atoms. The summed E-state index contributed by atoms with van der Waals surface area (Å²) in [5.74, 6) is -2.76. The van der Waals surface area contributed by atoms with Crippen LogP contribution >= 0.6 is 11.3 Å². The number of carbonyl (C=O) groups is 1. The Morgan fingerprint density at radius 1 is 1.43 bits per heavy atom. The van der Waals surface area contributed by atoms with Crippen molar-refractivity contribution in [1.29, 1.82) is 0 Å². The van der Waals surface area contributed by atoms with E-state index in [-0.39, 0.29) is 11.7 Å². The van der Waals surface area contributed by atoms with Crippen LogP contribution in [0.15, 0.2) is 36.1 Å². The number of aromatic nitrogens is 2. The quantitative estimate of drug-likeness (QED) is 0.757. The van der Waals surface area contributed by atoms with Gasteiger partial charge in [0, 0.05) is 43.5 Å². The van der Waals surface area contributed by atoms with Crippen molar-refractivity contribution in [2.45, 2.75) is 43.9 Å². The molecule has 2 aromatic rings. The molecule has 30 heavy (non-hydrogen) atoms. The number of rotatable bonds is 5. The zero-order chi connectivity index (χ0) is 21.6. The van der Waals surface area contributed by atoms with Gasteiger partial charge in [-0.05, 0) is 18.1 Å². The lowest BCUT2D eigenvalue weighted by Gasteiger charge is -2.23. The van der Waals surface area contributed by atoms with Crippen LogP contribution in [-0.2, 0) is 27.4 Å². The predicted octanol–water partition coefficient (Wildman–Crippen LogP) is 3.12. The normalized spacial score (nSPS) is 24.0. The van der Waals surface area contributed by atoms with Gasteiger partial charge in [-0.3, -0.25) is 9.88 Å². The summed E-state index contributed by atoms with van der Waals surface area (Å²) >= 11 is 1.72. The summed E-state index contributed by atoms with van der Waals surface area (Å²) in [6.45, 7) is 4.31. The molecule has 1 N–H and O–H groups in total. The van der Waals surface area contributed by atoms with Crippen LogP contribution in [0.25, 0.3) is 0 Å². The molecule has 0 saturated carbocycles. The van der Waals surface area contributed by atoms with E-state index in [4.69, 9.17) is 19.4 Å². The topological polar surface area (TPSA) is 84.8 Å². The lowest BCUT2D eigenvalue weighted by molar-refractivity contribution is -0.192. The minimum absolute atomic E-state index is 0.0170. The number of halogens is 3. The maximum Gasteiger partial charge on any atom is 0.490 e. The Bertz CT molecular complexity index is 807. The van der Waals surface area contributed by atoms with Gasteiger partial charge in [0.1, 0.15) is 5.01 Å². The van der Waals surface area contributed by atoms with Crippen molar-refractivity contribution in [1.82, 2.24) is 14.9 Å². The molecule has 7 nitrogen and oxygen atoms in total. The molecule has 164 valence electrons. The highest BCUT2D eigenvalue weighted by atomic mass is 32.1. The molecule has 4 rings (SSSR count). The zero-order valence-electron chi connectivity index (χ0n) is 16.0. The van der Waals surface area contributed by atoms with Crippen molar-refractivity contribution in [2.24, 2.45) is 0 Å². The van der Waals surface area contributed by atoms with E-state index in [2.05, 4.69) is 14.9 Å². The number of thiazole rings is 1. The Kier molecular flexibility index (Phi) is 7.40. The van der Waals surface area contributed by atoms with E-state index >= 15 is 0 Å². The Balaban J connectivity index is 0.000000318. The van der Waals surface area contributed by atoms with E-state index in [0.29, 0.717) is 13.2 Å². The van der Waals surface area contributed by atoms with Crippen molar-refractivity contribution < 1.29 is 32.5 Å². The summed E-state index contributed by atoms with van der Waals surface area (Å²) in [7, 11) is 0. The second-order valence-electron chi connectivity index (χ2n) is 7.18. The predicted molar refractivity (Wildman–Crippen MR) is 102 cm³/mol. The van der Waals surface area contributed by atoms with E-state index in [1.165, 1.54) is 5.01 Å². The molecule has 4 heterocycles. The number of hydrogen-bond donors (Lipinski definition) is 1. The van der Waals surface area contributed by atoms with Gasteiger partial charge in [-0.15, -0.1) is 11.3 Å². The first-order valence-corrected chi connectivity index (χ1v) is 10.2. The van der Waals surface area contributed by atoms with Gasteiger partial charge in [-0.25, -0.2) is 9.78 Å². The maximum atomic E-state index is 10.6. The first kappa shape index (κ1) is 22.6. The second kappa shape index (κ2) is 9.82. The number of pyridine rings is 1. The van der Waals surface area contributed by atoms with Gasteiger partial charge in [0.25, 0.3) is 0 Å². The number of carboxylic acid groups (broad SMARTS) is 1. The van der Waals surface area contributed by atoms with Crippen LogP contribution in [0.3, 0.4) is 0 Å². The standard InChI is InChI=1S/C17H21N3O2S.C2HF3O2/c1-2-14(9-18-4-1)11-21-15-8-17(22-12-15)3-6-20(13-17)10-16-19-5-7-23-16;3-2(4,5)1(6)7/h1-2,4-5,7,9,15H,3,6,8,10-13H2;(H,6,7). The number of carboxylic acids is 1. The first-order chi connectivity index (χ1) is 14.3. The van der Waals surface area contributed by atoms with Gasteiger partial charge < -0.3 is 14.6 Å². The van der Waals surface area contributed by atoms with Crippen LogP contribution in [0.4, 0.5) is 13.2 Å². The molecule has 11 heteroatoms. The molecule has 2 atom stereocenters. The third-order valence-corrected chi connectivity index (χ3v) is 5.63. The maximum absolute atomic E-state index is 10.6. The monoisotopic (exact) mass is 445 g/mol. The average molecular weight is 445 g/mol. The van der Waals surface area contributed by atoms with Crippen molar-refractivity contribution in [3.8, 4) is 0 Å². The largest absolute Gasteiger partial charge is 0.490 e. The van der Waals surface area contributed by atoms with Crippen LogP contribution in [0.1, 0.15) is 23.4 Å². The molecular formula is C19H22F3N3O4S. The van der Waals surface area contributed by atoms with Gasteiger partial charge in [0.15, 0.2) is 0 Å². The number of likely N-dealkylation sites (tertiary alicyclic amines) is 1. The molecule has 0 bridgehead atoms. The number of aliphatic carboxylic acids is 1. The van der Waals surface area contributed by atoms with Crippen LogP contribution in [0, 0.1) is 0 Å². The summed E-state index contributed by atoms with van der Waals surface area (Å²) in [5, 5.41) is 10.3. The fraction of sp³-hybridized carbons (Fsp3) is 0.526. The van der Waals surface area contributed by atoms with E-state index < -0.39 is 12.1 Å². The minimum atomic E-state index is -5.08. The Hall–Kier alpha value is -2.08. The van der Waals surface area contributed by atoms with Crippen LogP contribution in [-0.4, -0.2) is 63.5 Å². The highest BCUT2D eigenvalue weighted by Crippen LogP contribution is 2.37.